The third-order valence-corrected chi connectivity index (χ3v) is 3.66. The van der Waals surface area contributed by atoms with Crippen molar-refractivity contribution in [3.8, 4) is 0 Å². The highest BCUT2D eigenvalue weighted by atomic mass is 32.2. The van der Waals surface area contributed by atoms with Crippen molar-refractivity contribution in [1.82, 2.24) is 5.32 Å². The Labute approximate surface area is 85.0 Å². The number of nitrogens with one attached hydrogen (secondary N) is 1. The Balaban J connectivity index is 3.79. The van der Waals surface area contributed by atoms with Crippen molar-refractivity contribution in [3.63, 3.8) is 0 Å². The Morgan fingerprint density at radius 3 is 2.43 bits per heavy atom. The lowest BCUT2D eigenvalue weighted by Gasteiger charge is -2.09. The third-order valence-electron chi connectivity index (χ3n) is 1.81. The normalized spacial score (nSPS) is 13.9. The van der Waals surface area contributed by atoms with Gasteiger partial charge in [0, 0.05) is 12.3 Å². The molecule has 0 aromatic carbocycles. The molecule has 1 amide bonds. The molecular weight excluding hydrogens is 204 g/mol. The van der Waals surface area contributed by atoms with Gasteiger partial charge in [-0.05, 0) is 13.3 Å². The molecule has 0 saturated heterocycles. The minimum Gasteiger partial charge on any atom is -0.368 e. The first-order valence-corrected chi connectivity index (χ1v) is 6.44. The number of primary amides is 1. The van der Waals surface area contributed by atoms with E-state index in [1.807, 2.05) is 6.92 Å². The van der Waals surface area contributed by atoms with Crippen LogP contribution in [0.5, 0.6) is 0 Å². The van der Waals surface area contributed by atoms with E-state index < -0.39 is 21.8 Å². The van der Waals surface area contributed by atoms with E-state index in [0.717, 1.165) is 0 Å². The summed E-state index contributed by atoms with van der Waals surface area (Å²) in [7, 11) is -2.97. The predicted molar refractivity (Wildman–Crippen MR) is 55.6 cm³/mol. The van der Waals surface area contributed by atoms with Gasteiger partial charge >= 0.3 is 0 Å². The number of sulfone groups is 1. The molecule has 0 aliphatic heterocycles. The molecular formula is C8H18N2O3S. The van der Waals surface area contributed by atoms with E-state index in [0.29, 0.717) is 6.42 Å². The van der Waals surface area contributed by atoms with Crippen molar-refractivity contribution < 1.29 is 13.2 Å². The summed E-state index contributed by atoms with van der Waals surface area (Å²) in [5.41, 5.74) is 4.99. The van der Waals surface area contributed by atoms with Crippen molar-refractivity contribution >= 4 is 15.7 Å². The van der Waals surface area contributed by atoms with Crippen LogP contribution in [0.1, 0.15) is 20.3 Å². The van der Waals surface area contributed by atoms with Crippen LogP contribution in [0.3, 0.4) is 0 Å². The van der Waals surface area contributed by atoms with Gasteiger partial charge in [0.2, 0.25) is 5.91 Å². The molecule has 5 nitrogen and oxygen atoms in total. The van der Waals surface area contributed by atoms with Gasteiger partial charge < -0.3 is 11.1 Å². The first-order chi connectivity index (χ1) is 6.39. The van der Waals surface area contributed by atoms with Gasteiger partial charge in [0.1, 0.15) is 0 Å². The molecule has 0 aliphatic carbocycles. The molecule has 3 N–H and O–H groups in total. The zero-order valence-corrected chi connectivity index (χ0v) is 9.43. The fourth-order valence-corrected chi connectivity index (χ4v) is 2.20. The van der Waals surface area contributed by atoms with E-state index in [-0.39, 0.29) is 18.1 Å². The molecule has 6 heteroatoms. The second-order valence-corrected chi connectivity index (χ2v) is 5.53. The molecule has 14 heavy (non-hydrogen) atoms. The number of rotatable bonds is 7. The minimum atomic E-state index is -2.97. The predicted octanol–water partition coefficient (Wildman–Crippen LogP) is -0.725. The summed E-state index contributed by atoms with van der Waals surface area (Å²) >= 11 is 0. The lowest BCUT2D eigenvalue weighted by Crippen LogP contribution is -2.40. The zero-order valence-electron chi connectivity index (χ0n) is 8.62. The highest BCUT2D eigenvalue weighted by Gasteiger charge is 2.11. The minimum absolute atomic E-state index is 0.0540. The third kappa shape index (κ3) is 5.93. The van der Waals surface area contributed by atoms with E-state index in [2.05, 4.69) is 5.32 Å². The molecule has 0 aromatic rings. The average Bonchev–Trinajstić information content (AvgIpc) is 2.03. The van der Waals surface area contributed by atoms with Gasteiger partial charge in [0.05, 0.1) is 11.8 Å². The molecule has 1 atom stereocenters. The summed E-state index contributed by atoms with van der Waals surface area (Å²) in [6.07, 6.45) is 0.619. The molecule has 0 aromatic heterocycles. The second kappa shape index (κ2) is 5.98. The van der Waals surface area contributed by atoms with Crippen LogP contribution in [0.15, 0.2) is 0 Å². The fourth-order valence-electron chi connectivity index (χ4n) is 0.945. The van der Waals surface area contributed by atoms with Gasteiger partial charge in [-0.2, -0.15) is 0 Å². The van der Waals surface area contributed by atoms with Crippen LogP contribution in [0.25, 0.3) is 0 Å². The van der Waals surface area contributed by atoms with Gasteiger partial charge in [-0.15, -0.1) is 0 Å². The number of carbonyl (C=O) groups is 1. The number of hydrogen-bond donors (Lipinski definition) is 2. The van der Waals surface area contributed by atoms with Crippen LogP contribution in [0, 0.1) is 0 Å². The van der Waals surface area contributed by atoms with Gasteiger partial charge in [-0.3, -0.25) is 4.79 Å². The molecule has 0 bridgehead atoms. The monoisotopic (exact) mass is 222 g/mol. The molecule has 0 rings (SSSR count). The quantitative estimate of drug-likeness (QED) is 0.594. The van der Waals surface area contributed by atoms with Crippen molar-refractivity contribution in [2.24, 2.45) is 5.73 Å². The average molecular weight is 222 g/mol. The van der Waals surface area contributed by atoms with Crippen molar-refractivity contribution in [2.75, 3.05) is 18.1 Å². The number of hydrogen-bond acceptors (Lipinski definition) is 4. The van der Waals surface area contributed by atoms with Crippen molar-refractivity contribution in [2.45, 2.75) is 26.3 Å². The summed E-state index contributed by atoms with van der Waals surface area (Å²) in [6.45, 7) is 3.69. The first kappa shape index (κ1) is 13.4. The summed E-state index contributed by atoms with van der Waals surface area (Å²) in [5, 5.41) is 2.74. The molecule has 84 valence electrons. The van der Waals surface area contributed by atoms with Gasteiger partial charge in [0.15, 0.2) is 9.84 Å². The molecule has 0 fully saturated rings. The maximum Gasteiger partial charge on any atom is 0.234 e. The van der Waals surface area contributed by atoms with Gasteiger partial charge in [-0.25, -0.2) is 8.42 Å². The summed E-state index contributed by atoms with van der Waals surface area (Å²) in [4.78, 5) is 10.6. The van der Waals surface area contributed by atoms with Crippen LogP contribution in [0.4, 0.5) is 0 Å². The standard InChI is InChI=1S/C8H18N2O3S/c1-3-5-14(12,13)6-4-10-7(2)8(9)11/h7,10H,3-6H2,1-2H3,(H2,9,11). The lowest BCUT2D eigenvalue weighted by molar-refractivity contribution is -0.119. The molecule has 0 heterocycles. The van der Waals surface area contributed by atoms with Crippen molar-refractivity contribution in [1.29, 1.82) is 0 Å². The van der Waals surface area contributed by atoms with E-state index in [1.165, 1.54) is 0 Å². The maximum atomic E-state index is 11.2. The van der Waals surface area contributed by atoms with Gasteiger partial charge in [-0.1, -0.05) is 6.92 Å². The molecule has 0 spiro atoms. The summed E-state index contributed by atoms with van der Waals surface area (Å²) in [6, 6.07) is -0.480. The number of carbonyl (C=O) groups excluding carboxylic acids is 1. The first-order valence-electron chi connectivity index (χ1n) is 4.62. The van der Waals surface area contributed by atoms with Crippen LogP contribution in [-0.4, -0.2) is 38.4 Å². The Bertz CT molecular complexity index is 274. The topological polar surface area (TPSA) is 89.3 Å². The van der Waals surface area contributed by atoms with E-state index in [1.54, 1.807) is 6.92 Å². The van der Waals surface area contributed by atoms with Crippen LogP contribution in [0.2, 0.25) is 0 Å². The largest absolute Gasteiger partial charge is 0.368 e. The van der Waals surface area contributed by atoms with Crippen LogP contribution >= 0.6 is 0 Å². The fraction of sp³-hybridized carbons (Fsp3) is 0.875. The second-order valence-electron chi connectivity index (χ2n) is 3.23. The number of nitrogens with two attached hydrogens (primary N) is 1. The highest BCUT2D eigenvalue weighted by Crippen LogP contribution is 1.92. The Hall–Kier alpha value is -0.620. The Kier molecular flexibility index (Phi) is 5.71. The molecule has 1 unspecified atom stereocenters. The van der Waals surface area contributed by atoms with Crippen LogP contribution in [-0.2, 0) is 14.6 Å². The Morgan fingerprint density at radius 2 is 2.00 bits per heavy atom. The number of amides is 1. The zero-order chi connectivity index (χ0) is 11.2. The van der Waals surface area contributed by atoms with Gasteiger partial charge in [0.25, 0.3) is 0 Å². The molecule has 0 radical (unpaired) electrons. The van der Waals surface area contributed by atoms with Crippen LogP contribution < -0.4 is 11.1 Å². The molecule has 0 saturated carbocycles. The van der Waals surface area contributed by atoms with E-state index >= 15 is 0 Å². The van der Waals surface area contributed by atoms with Crippen molar-refractivity contribution in [3.05, 3.63) is 0 Å². The maximum absolute atomic E-state index is 11.2. The Morgan fingerprint density at radius 1 is 1.43 bits per heavy atom. The SMILES string of the molecule is CCCS(=O)(=O)CCNC(C)C(N)=O. The summed E-state index contributed by atoms with van der Waals surface area (Å²) in [5.74, 6) is -0.226. The summed E-state index contributed by atoms with van der Waals surface area (Å²) < 4.78 is 22.5. The molecule has 0 aliphatic rings. The smallest absolute Gasteiger partial charge is 0.234 e. The lowest BCUT2D eigenvalue weighted by atomic mass is 10.3. The van der Waals surface area contributed by atoms with E-state index in [9.17, 15) is 13.2 Å². The highest BCUT2D eigenvalue weighted by molar-refractivity contribution is 7.91. The van der Waals surface area contributed by atoms with E-state index in [4.69, 9.17) is 5.73 Å².